The lowest BCUT2D eigenvalue weighted by Gasteiger charge is -2.27. The van der Waals surface area contributed by atoms with E-state index in [0.717, 1.165) is 59.3 Å². The maximum absolute atomic E-state index is 12.7. The zero-order valence-electron chi connectivity index (χ0n) is 19.5. The molecule has 1 saturated carbocycles. The number of aliphatic imine (C=N–C) groups is 1. The standard InChI is InChI=1S/C24H27F3N8/c1-16-2-3-21(32-22(16)33-7-6-28-13-23(14-33)4-5-23)35-20-8-19(29-9-17(20)10-31-35)18-11-30-34(12-18)15-24(25,26)27/h2-3,9-12,19,28H,4-8,13-15H2,1H3. The normalized spacial score (nSPS) is 21.3. The SMILES string of the molecule is Cc1ccc(-n2ncc3c2CC(c2cnn(CC(F)(F)F)c2)N=C3)nc1N1CCNCC2(CC2)C1. The molecule has 0 amide bonds. The molecule has 1 aliphatic carbocycles. The van der Waals surface area contributed by atoms with Gasteiger partial charge in [-0.2, -0.15) is 23.4 Å². The Morgan fingerprint density at radius 1 is 1.17 bits per heavy atom. The molecule has 1 atom stereocenters. The van der Waals surface area contributed by atoms with Crippen LogP contribution in [-0.2, 0) is 13.0 Å². The smallest absolute Gasteiger partial charge is 0.354 e. The molecule has 184 valence electrons. The fraction of sp³-hybridized carbons (Fsp3) is 0.500. The zero-order chi connectivity index (χ0) is 24.2. The number of anilines is 1. The lowest BCUT2D eigenvalue weighted by molar-refractivity contribution is -0.142. The van der Waals surface area contributed by atoms with Crippen LogP contribution in [0.15, 0.2) is 35.7 Å². The van der Waals surface area contributed by atoms with E-state index in [0.29, 0.717) is 17.4 Å². The quantitative estimate of drug-likeness (QED) is 0.616. The number of hydrogen-bond acceptors (Lipinski definition) is 6. The predicted octanol–water partition coefficient (Wildman–Crippen LogP) is 3.24. The van der Waals surface area contributed by atoms with Crippen LogP contribution in [0.1, 0.15) is 41.3 Å². The van der Waals surface area contributed by atoms with E-state index in [1.165, 1.54) is 25.2 Å². The minimum absolute atomic E-state index is 0.323. The molecule has 3 aliphatic rings. The van der Waals surface area contributed by atoms with Gasteiger partial charge in [-0.25, -0.2) is 9.67 Å². The number of aryl methyl sites for hydroxylation is 1. The summed E-state index contributed by atoms with van der Waals surface area (Å²) in [5.74, 6) is 1.71. The van der Waals surface area contributed by atoms with Gasteiger partial charge in [0.05, 0.1) is 24.1 Å². The third-order valence-electron chi connectivity index (χ3n) is 7.17. The number of alkyl halides is 3. The molecule has 1 saturated heterocycles. The van der Waals surface area contributed by atoms with Gasteiger partial charge < -0.3 is 10.2 Å². The molecule has 35 heavy (non-hydrogen) atoms. The lowest BCUT2D eigenvalue weighted by Crippen LogP contribution is -2.32. The van der Waals surface area contributed by atoms with Gasteiger partial charge in [-0.1, -0.05) is 6.07 Å². The van der Waals surface area contributed by atoms with Crippen molar-refractivity contribution in [2.45, 2.75) is 44.9 Å². The Morgan fingerprint density at radius 3 is 2.83 bits per heavy atom. The molecule has 1 spiro atoms. The van der Waals surface area contributed by atoms with Crippen molar-refractivity contribution in [1.29, 1.82) is 0 Å². The summed E-state index contributed by atoms with van der Waals surface area (Å²) in [4.78, 5) is 12.0. The van der Waals surface area contributed by atoms with Crippen LogP contribution >= 0.6 is 0 Å². The summed E-state index contributed by atoms with van der Waals surface area (Å²) in [7, 11) is 0. The molecule has 1 N–H and O–H groups in total. The molecule has 11 heteroatoms. The van der Waals surface area contributed by atoms with Crippen LogP contribution in [0.5, 0.6) is 0 Å². The van der Waals surface area contributed by atoms with Gasteiger partial charge in [-0.05, 0) is 31.4 Å². The van der Waals surface area contributed by atoms with Gasteiger partial charge in [0.15, 0.2) is 5.82 Å². The number of hydrogen-bond donors (Lipinski definition) is 1. The zero-order valence-corrected chi connectivity index (χ0v) is 19.5. The Morgan fingerprint density at radius 2 is 2.03 bits per heavy atom. The maximum atomic E-state index is 12.7. The van der Waals surface area contributed by atoms with Crippen molar-refractivity contribution in [3.63, 3.8) is 0 Å². The first-order valence-corrected chi connectivity index (χ1v) is 11.9. The molecule has 8 nitrogen and oxygen atoms in total. The van der Waals surface area contributed by atoms with E-state index < -0.39 is 12.7 Å². The highest BCUT2D eigenvalue weighted by Gasteiger charge is 2.45. The summed E-state index contributed by atoms with van der Waals surface area (Å²) in [6.07, 6.45) is 5.07. The Kier molecular flexibility index (Phi) is 5.21. The topological polar surface area (TPSA) is 76.2 Å². The van der Waals surface area contributed by atoms with Gasteiger partial charge in [0.1, 0.15) is 12.4 Å². The van der Waals surface area contributed by atoms with Crippen molar-refractivity contribution in [2.75, 3.05) is 31.1 Å². The number of pyridine rings is 1. The van der Waals surface area contributed by atoms with Crippen LogP contribution in [-0.4, -0.2) is 63.1 Å². The molecule has 2 aliphatic heterocycles. The number of aromatic nitrogens is 5. The van der Waals surface area contributed by atoms with E-state index in [-0.39, 0.29) is 6.04 Å². The second kappa shape index (κ2) is 8.18. The largest absolute Gasteiger partial charge is 0.408 e. The van der Waals surface area contributed by atoms with E-state index in [2.05, 4.69) is 38.4 Å². The average molecular weight is 485 g/mol. The first kappa shape index (κ1) is 22.3. The summed E-state index contributed by atoms with van der Waals surface area (Å²) < 4.78 is 41.0. The summed E-state index contributed by atoms with van der Waals surface area (Å²) in [5, 5.41) is 12.0. The van der Waals surface area contributed by atoms with E-state index in [1.807, 2.05) is 10.7 Å². The van der Waals surface area contributed by atoms with Crippen molar-refractivity contribution in [2.24, 2.45) is 10.4 Å². The first-order chi connectivity index (χ1) is 16.8. The highest BCUT2D eigenvalue weighted by atomic mass is 19.4. The third kappa shape index (κ3) is 4.44. The molecule has 0 aromatic carbocycles. The predicted molar refractivity (Wildman–Crippen MR) is 125 cm³/mol. The molecule has 6 rings (SSSR count). The van der Waals surface area contributed by atoms with Gasteiger partial charge >= 0.3 is 6.18 Å². The highest BCUT2D eigenvalue weighted by molar-refractivity contribution is 5.82. The fourth-order valence-corrected chi connectivity index (χ4v) is 5.07. The minimum atomic E-state index is -4.32. The Hall–Kier alpha value is -3.21. The molecule has 0 radical (unpaired) electrons. The van der Waals surface area contributed by atoms with Crippen molar-refractivity contribution < 1.29 is 13.2 Å². The monoisotopic (exact) mass is 484 g/mol. The van der Waals surface area contributed by atoms with E-state index >= 15 is 0 Å². The Balaban J connectivity index is 1.27. The molecule has 2 fully saturated rings. The molecule has 3 aromatic rings. The van der Waals surface area contributed by atoms with Crippen molar-refractivity contribution >= 4 is 12.0 Å². The van der Waals surface area contributed by atoms with Gasteiger partial charge in [0, 0.05) is 61.6 Å². The van der Waals surface area contributed by atoms with Gasteiger partial charge in [0.2, 0.25) is 0 Å². The van der Waals surface area contributed by atoms with Crippen LogP contribution in [0.3, 0.4) is 0 Å². The molecular formula is C24H27F3N8. The summed E-state index contributed by atoms with van der Waals surface area (Å²) in [6, 6.07) is 3.73. The average Bonchev–Trinajstić information content (AvgIpc) is 3.30. The van der Waals surface area contributed by atoms with Crippen molar-refractivity contribution in [3.05, 3.63) is 53.1 Å². The number of halogens is 3. The van der Waals surface area contributed by atoms with E-state index in [4.69, 9.17) is 4.98 Å². The number of nitrogens with one attached hydrogen (secondary N) is 1. The van der Waals surface area contributed by atoms with Crippen molar-refractivity contribution in [1.82, 2.24) is 29.9 Å². The van der Waals surface area contributed by atoms with Gasteiger partial charge in [-0.3, -0.25) is 9.67 Å². The molecule has 0 bridgehead atoms. The van der Waals surface area contributed by atoms with Crippen LogP contribution in [0.4, 0.5) is 19.0 Å². The fourth-order valence-electron chi connectivity index (χ4n) is 5.07. The van der Waals surface area contributed by atoms with E-state index in [9.17, 15) is 13.2 Å². The number of rotatable bonds is 4. The van der Waals surface area contributed by atoms with Crippen LogP contribution in [0, 0.1) is 12.3 Å². The Labute approximate surface area is 200 Å². The number of fused-ring (bicyclic) bond motifs is 1. The maximum Gasteiger partial charge on any atom is 0.408 e. The second-order valence-corrected chi connectivity index (χ2v) is 9.95. The molecular weight excluding hydrogens is 457 g/mol. The Bertz CT molecular complexity index is 1270. The third-order valence-corrected chi connectivity index (χ3v) is 7.17. The van der Waals surface area contributed by atoms with Gasteiger partial charge in [0.25, 0.3) is 0 Å². The molecule has 5 heterocycles. The second-order valence-electron chi connectivity index (χ2n) is 9.95. The van der Waals surface area contributed by atoms with Crippen LogP contribution < -0.4 is 10.2 Å². The van der Waals surface area contributed by atoms with Gasteiger partial charge in [-0.15, -0.1) is 0 Å². The van der Waals surface area contributed by atoms with Crippen molar-refractivity contribution in [3.8, 4) is 5.82 Å². The molecule has 3 aromatic heterocycles. The highest BCUT2D eigenvalue weighted by Crippen LogP contribution is 2.47. The number of nitrogens with zero attached hydrogens (tertiary/aromatic N) is 7. The first-order valence-electron chi connectivity index (χ1n) is 11.9. The minimum Gasteiger partial charge on any atom is -0.354 e. The summed E-state index contributed by atoms with van der Waals surface area (Å²) in [5.41, 5.74) is 3.97. The van der Waals surface area contributed by atoms with E-state index in [1.54, 1.807) is 12.4 Å². The summed E-state index contributed by atoms with van der Waals surface area (Å²) >= 11 is 0. The van der Waals surface area contributed by atoms with Crippen LogP contribution in [0.2, 0.25) is 0 Å². The lowest BCUT2D eigenvalue weighted by atomic mass is 10.0. The molecule has 1 unspecified atom stereocenters. The van der Waals surface area contributed by atoms with Crippen LogP contribution in [0.25, 0.3) is 5.82 Å². The summed E-state index contributed by atoms with van der Waals surface area (Å²) in [6.45, 7) is 4.89.